The Morgan fingerprint density at radius 1 is 1.05 bits per heavy atom. The second-order valence-electron chi connectivity index (χ2n) is 5.31. The third kappa shape index (κ3) is 4.80. The van der Waals surface area contributed by atoms with Gasteiger partial charge in [0.1, 0.15) is 13.1 Å². The van der Waals surface area contributed by atoms with Crippen molar-refractivity contribution in [2.75, 3.05) is 20.1 Å². The second-order valence-corrected chi connectivity index (χ2v) is 5.31. The molecule has 114 valence electrons. The molecule has 0 aromatic rings. The average molecular weight is 286 g/mol. The first-order chi connectivity index (χ1) is 9.38. The lowest BCUT2D eigenvalue weighted by molar-refractivity contribution is -0.150. The summed E-state index contributed by atoms with van der Waals surface area (Å²) >= 11 is 0. The Bertz CT molecular complexity index is 361. The van der Waals surface area contributed by atoms with Gasteiger partial charge in [0.05, 0.1) is 0 Å². The van der Waals surface area contributed by atoms with E-state index < -0.39 is 30.9 Å². The summed E-state index contributed by atoms with van der Waals surface area (Å²) in [5.41, 5.74) is -0.329. The molecule has 7 nitrogen and oxygen atoms in total. The molecule has 0 atom stereocenters. The van der Waals surface area contributed by atoms with Gasteiger partial charge in [-0.1, -0.05) is 19.3 Å². The Balaban J connectivity index is 2.72. The van der Waals surface area contributed by atoms with Crippen LogP contribution in [-0.4, -0.2) is 58.6 Å². The predicted octanol–water partition coefficient (Wildman–Crippen LogP) is 0.297. The quantitative estimate of drug-likeness (QED) is 0.621. The highest BCUT2D eigenvalue weighted by Gasteiger charge is 2.34. The molecule has 7 heteroatoms. The van der Waals surface area contributed by atoms with E-state index in [4.69, 9.17) is 10.2 Å². The third-order valence-corrected chi connectivity index (χ3v) is 3.84. The lowest BCUT2D eigenvalue weighted by Crippen LogP contribution is -2.50. The van der Waals surface area contributed by atoms with Gasteiger partial charge in [0, 0.05) is 12.0 Å². The van der Waals surface area contributed by atoms with Crippen LogP contribution in [0.5, 0.6) is 0 Å². The molecule has 0 aromatic heterocycles. The van der Waals surface area contributed by atoms with E-state index in [0.29, 0.717) is 0 Å². The van der Waals surface area contributed by atoms with Gasteiger partial charge in [-0.15, -0.1) is 0 Å². The summed E-state index contributed by atoms with van der Waals surface area (Å²) in [5.74, 6) is -2.84. The van der Waals surface area contributed by atoms with Crippen molar-refractivity contribution in [2.45, 2.75) is 44.1 Å². The monoisotopic (exact) mass is 286 g/mol. The molecule has 3 N–H and O–H groups in total. The van der Waals surface area contributed by atoms with Gasteiger partial charge >= 0.3 is 11.9 Å². The summed E-state index contributed by atoms with van der Waals surface area (Å²) < 4.78 is 0. The van der Waals surface area contributed by atoms with Gasteiger partial charge in [-0.05, 0) is 19.9 Å². The molecule has 0 bridgehead atoms. The van der Waals surface area contributed by atoms with Crippen LogP contribution in [-0.2, 0) is 14.4 Å². The summed E-state index contributed by atoms with van der Waals surface area (Å²) in [4.78, 5) is 34.6. The SMILES string of the molecule is CNC1(CC(=O)N(CC(=O)O)CC(=O)O)CCCCC1. The number of hydrogen-bond acceptors (Lipinski definition) is 4. The van der Waals surface area contributed by atoms with Crippen LogP contribution in [0, 0.1) is 0 Å². The molecule has 0 unspecified atom stereocenters. The minimum Gasteiger partial charge on any atom is -0.480 e. The third-order valence-electron chi connectivity index (χ3n) is 3.84. The summed E-state index contributed by atoms with van der Waals surface area (Å²) in [6.07, 6.45) is 5.01. The zero-order chi connectivity index (χ0) is 15.2. The Hall–Kier alpha value is -1.63. The van der Waals surface area contributed by atoms with E-state index in [1.807, 2.05) is 0 Å². The van der Waals surface area contributed by atoms with Crippen LogP contribution < -0.4 is 5.32 Å². The van der Waals surface area contributed by atoms with Crippen molar-refractivity contribution in [3.8, 4) is 0 Å². The smallest absolute Gasteiger partial charge is 0.323 e. The Morgan fingerprint density at radius 3 is 1.95 bits per heavy atom. The first-order valence-corrected chi connectivity index (χ1v) is 6.79. The van der Waals surface area contributed by atoms with Crippen LogP contribution in [0.25, 0.3) is 0 Å². The molecule has 1 rings (SSSR count). The maximum atomic E-state index is 12.2. The van der Waals surface area contributed by atoms with Crippen molar-refractivity contribution >= 4 is 17.8 Å². The number of nitrogens with one attached hydrogen (secondary N) is 1. The fraction of sp³-hybridized carbons (Fsp3) is 0.769. The van der Waals surface area contributed by atoms with Crippen molar-refractivity contribution in [1.82, 2.24) is 10.2 Å². The lowest BCUT2D eigenvalue weighted by Gasteiger charge is -2.37. The van der Waals surface area contributed by atoms with Crippen molar-refractivity contribution in [3.05, 3.63) is 0 Å². The highest BCUT2D eigenvalue weighted by atomic mass is 16.4. The summed E-state index contributed by atoms with van der Waals surface area (Å²) in [7, 11) is 1.79. The minimum atomic E-state index is -1.21. The standard InChI is InChI=1S/C13H22N2O5/c1-14-13(5-3-2-4-6-13)7-10(16)15(8-11(17)18)9-12(19)20/h14H,2-9H2,1H3,(H,17,18)(H,19,20). The molecule has 0 radical (unpaired) electrons. The number of nitrogens with zero attached hydrogens (tertiary/aromatic N) is 1. The van der Waals surface area contributed by atoms with E-state index in [9.17, 15) is 14.4 Å². The van der Waals surface area contributed by atoms with Crippen LogP contribution in [0.15, 0.2) is 0 Å². The number of aliphatic carboxylic acids is 2. The van der Waals surface area contributed by atoms with Crippen molar-refractivity contribution in [1.29, 1.82) is 0 Å². The molecule has 0 spiro atoms. The summed E-state index contributed by atoms with van der Waals surface area (Å²) in [5, 5.41) is 20.7. The number of carboxylic acids is 2. The number of amides is 1. The van der Waals surface area contributed by atoms with Crippen molar-refractivity contribution < 1.29 is 24.6 Å². The molecule has 0 saturated heterocycles. The number of carboxylic acid groups (broad SMARTS) is 2. The molecular weight excluding hydrogens is 264 g/mol. The number of rotatable bonds is 7. The Kier molecular flexibility index (Phi) is 5.94. The van der Waals surface area contributed by atoms with Gasteiger partial charge in [-0.25, -0.2) is 0 Å². The zero-order valence-electron chi connectivity index (χ0n) is 11.7. The fourth-order valence-electron chi connectivity index (χ4n) is 2.70. The normalized spacial score (nSPS) is 17.4. The maximum absolute atomic E-state index is 12.2. The minimum absolute atomic E-state index is 0.143. The number of hydrogen-bond donors (Lipinski definition) is 3. The van der Waals surface area contributed by atoms with E-state index in [0.717, 1.165) is 37.0 Å². The average Bonchev–Trinajstić information content (AvgIpc) is 2.38. The Morgan fingerprint density at radius 2 is 1.55 bits per heavy atom. The van der Waals surface area contributed by atoms with E-state index in [2.05, 4.69) is 5.32 Å². The van der Waals surface area contributed by atoms with E-state index in [-0.39, 0.29) is 12.0 Å². The van der Waals surface area contributed by atoms with Gasteiger partial charge in [0.15, 0.2) is 0 Å². The molecule has 1 aliphatic carbocycles. The number of carbonyl (C=O) groups is 3. The van der Waals surface area contributed by atoms with Gasteiger partial charge in [0.2, 0.25) is 5.91 Å². The van der Waals surface area contributed by atoms with Crippen LogP contribution in [0.3, 0.4) is 0 Å². The van der Waals surface area contributed by atoms with Gasteiger partial charge in [-0.2, -0.15) is 0 Å². The van der Waals surface area contributed by atoms with Crippen LogP contribution in [0.1, 0.15) is 38.5 Å². The molecular formula is C13H22N2O5. The fourth-order valence-corrected chi connectivity index (χ4v) is 2.70. The largest absolute Gasteiger partial charge is 0.480 e. The molecule has 1 saturated carbocycles. The lowest BCUT2D eigenvalue weighted by atomic mass is 9.79. The van der Waals surface area contributed by atoms with Crippen molar-refractivity contribution in [3.63, 3.8) is 0 Å². The topological polar surface area (TPSA) is 107 Å². The molecule has 0 aromatic carbocycles. The second kappa shape index (κ2) is 7.23. The molecule has 0 aliphatic heterocycles. The zero-order valence-corrected chi connectivity index (χ0v) is 11.7. The predicted molar refractivity (Wildman–Crippen MR) is 71.3 cm³/mol. The van der Waals surface area contributed by atoms with Gasteiger partial charge in [0.25, 0.3) is 0 Å². The molecule has 20 heavy (non-hydrogen) atoms. The van der Waals surface area contributed by atoms with Crippen LogP contribution in [0.2, 0.25) is 0 Å². The summed E-state index contributed by atoms with van der Waals surface area (Å²) in [6.45, 7) is -1.16. The Labute approximate surface area is 117 Å². The van der Waals surface area contributed by atoms with Crippen molar-refractivity contribution in [2.24, 2.45) is 0 Å². The highest BCUT2D eigenvalue weighted by molar-refractivity contribution is 5.85. The van der Waals surface area contributed by atoms with E-state index >= 15 is 0 Å². The number of carbonyl (C=O) groups excluding carboxylic acids is 1. The summed E-state index contributed by atoms with van der Waals surface area (Å²) in [6, 6.07) is 0. The first kappa shape index (κ1) is 16.4. The van der Waals surface area contributed by atoms with E-state index in [1.165, 1.54) is 0 Å². The maximum Gasteiger partial charge on any atom is 0.323 e. The van der Waals surface area contributed by atoms with Gasteiger partial charge in [-0.3, -0.25) is 14.4 Å². The van der Waals surface area contributed by atoms with E-state index in [1.54, 1.807) is 7.05 Å². The molecule has 1 aliphatic rings. The molecule has 0 heterocycles. The molecule has 1 amide bonds. The molecule has 1 fully saturated rings. The van der Waals surface area contributed by atoms with Crippen LogP contribution in [0.4, 0.5) is 0 Å². The first-order valence-electron chi connectivity index (χ1n) is 6.79. The van der Waals surface area contributed by atoms with Gasteiger partial charge < -0.3 is 20.4 Å². The highest BCUT2D eigenvalue weighted by Crippen LogP contribution is 2.31. The van der Waals surface area contributed by atoms with Crippen LogP contribution >= 0.6 is 0 Å².